The van der Waals surface area contributed by atoms with Crippen LogP contribution in [-0.4, -0.2) is 5.97 Å². The van der Waals surface area contributed by atoms with E-state index in [1.165, 1.54) is 6.08 Å². The highest BCUT2D eigenvalue weighted by molar-refractivity contribution is 9.10. The van der Waals surface area contributed by atoms with E-state index in [2.05, 4.69) is 15.9 Å². The molecule has 1 aliphatic heterocycles. The SMILES string of the molecule is O=C1OC(=Cc2cccc(Br)c2)c2c(F)ccc(F)c21. The Hall–Kier alpha value is -2.01. The molecule has 0 fully saturated rings. The van der Waals surface area contributed by atoms with Crippen LogP contribution in [0.3, 0.4) is 0 Å². The van der Waals surface area contributed by atoms with Crippen molar-refractivity contribution in [1.82, 2.24) is 0 Å². The summed E-state index contributed by atoms with van der Waals surface area (Å²) < 4.78 is 33.2. The molecular weight excluding hydrogens is 330 g/mol. The van der Waals surface area contributed by atoms with E-state index in [0.29, 0.717) is 5.56 Å². The first kappa shape index (κ1) is 13.0. The Kier molecular flexibility index (Phi) is 3.14. The molecule has 0 saturated carbocycles. The average Bonchev–Trinajstić information content (AvgIpc) is 2.72. The van der Waals surface area contributed by atoms with Crippen LogP contribution in [0.25, 0.3) is 11.8 Å². The summed E-state index contributed by atoms with van der Waals surface area (Å²) in [5.41, 5.74) is 0.222. The predicted molar refractivity (Wildman–Crippen MR) is 73.8 cm³/mol. The molecule has 1 heterocycles. The smallest absolute Gasteiger partial charge is 0.347 e. The van der Waals surface area contributed by atoms with Crippen molar-refractivity contribution in [2.24, 2.45) is 0 Å². The van der Waals surface area contributed by atoms with Crippen LogP contribution >= 0.6 is 15.9 Å². The second-order valence-corrected chi connectivity index (χ2v) is 5.15. The van der Waals surface area contributed by atoms with Gasteiger partial charge in [-0.05, 0) is 35.9 Å². The fourth-order valence-electron chi connectivity index (χ4n) is 2.04. The average molecular weight is 337 g/mol. The fraction of sp³-hybridized carbons (Fsp3) is 0. The first-order valence-electron chi connectivity index (χ1n) is 5.74. The molecule has 0 amide bonds. The number of ether oxygens (including phenoxy) is 1. The first-order valence-corrected chi connectivity index (χ1v) is 6.53. The van der Waals surface area contributed by atoms with Crippen LogP contribution < -0.4 is 0 Å². The minimum Gasteiger partial charge on any atom is -0.422 e. The number of carbonyl (C=O) groups excluding carboxylic acids is 1. The van der Waals surface area contributed by atoms with Crippen LogP contribution in [0.5, 0.6) is 0 Å². The molecule has 0 atom stereocenters. The minimum absolute atomic E-state index is 0.0140. The van der Waals surface area contributed by atoms with Crippen LogP contribution in [-0.2, 0) is 4.74 Å². The number of fused-ring (bicyclic) bond motifs is 1. The van der Waals surface area contributed by atoms with E-state index in [4.69, 9.17) is 4.74 Å². The van der Waals surface area contributed by atoms with Gasteiger partial charge in [-0.15, -0.1) is 0 Å². The molecule has 0 aliphatic carbocycles. The molecule has 2 nitrogen and oxygen atoms in total. The number of halogens is 3. The van der Waals surface area contributed by atoms with E-state index in [-0.39, 0.29) is 16.9 Å². The Morgan fingerprint density at radius 3 is 2.45 bits per heavy atom. The van der Waals surface area contributed by atoms with Crippen molar-refractivity contribution in [2.45, 2.75) is 0 Å². The van der Waals surface area contributed by atoms with Crippen molar-refractivity contribution in [3.63, 3.8) is 0 Å². The summed E-state index contributed by atoms with van der Waals surface area (Å²) in [6, 6.07) is 9.05. The summed E-state index contributed by atoms with van der Waals surface area (Å²) in [5, 5.41) is 0. The Balaban J connectivity index is 2.16. The summed E-state index contributed by atoms with van der Waals surface area (Å²) in [6.45, 7) is 0. The molecule has 0 bridgehead atoms. The Labute approximate surface area is 121 Å². The number of hydrogen-bond acceptors (Lipinski definition) is 2. The van der Waals surface area contributed by atoms with Gasteiger partial charge in [-0.25, -0.2) is 13.6 Å². The topological polar surface area (TPSA) is 26.3 Å². The highest BCUT2D eigenvalue weighted by atomic mass is 79.9. The van der Waals surface area contributed by atoms with Gasteiger partial charge in [-0.3, -0.25) is 0 Å². The van der Waals surface area contributed by atoms with Crippen LogP contribution in [0.15, 0.2) is 40.9 Å². The highest BCUT2D eigenvalue weighted by Crippen LogP contribution is 2.35. The summed E-state index contributed by atoms with van der Waals surface area (Å²) in [7, 11) is 0. The van der Waals surface area contributed by atoms with Gasteiger partial charge in [-0.1, -0.05) is 28.1 Å². The fourth-order valence-corrected chi connectivity index (χ4v) is 2.46. The first-order chi connectivity index (χ1) is 9.56. The van der Waals surface area contributed by atoms with Crippen molar-refractivity contribution >= 4 is 33.7 Å². The van der Waals surface area contributed by atoms with E-state index < -0.39 is 17.6 Å². The minimum atomic E-state index is -0.877. The van der Waals surface area contributed by atoms with Crippen molar-refractivity contribution in [3.05, 3.63) is 69.2 Å². The van der Waals surface area contributed by atoms with E-state index in [1.807, 2.05) is 6.07 Å². The largest absolute Gasteiger partial charge is 0.422 e. The monoisotopic (exact) mass is 336 g/mol. The van der Waals surface area contributed by atoms with Crippen LogP contribution in [0, 0.1) is 11.6 Å². The zero-order valence-corrected chi connectivity index (χ0v) is 11.6. The third-order valence-corrected chi connectivity index (χ3v) is 3.40. The maximum Gasteiger partial charge on any atom is 0.347 e. The molecule has 20 heavy (non-hydrogen) atoms. The summed E-state index contributed by atoms with van der Waals surface area (Å²) in [5.74, 6) is -2.34. The standard InChI is InChI=1S/C15H7BrF2O2/c16-9-3-1-2-8(6-9)7-12-13-10(17)4-5-11(18)14(13)15(19)20-12/h1-7H. The third-order valence-electron chi connectivity index (χ3n) is 2.90. The maximum atomic E-state index is 13.8. The van der Waals surface area contributed by atoms with Gasteiger partial charge in [0.25, 0.3) is 0 Å². The van der Waals surface area contributed by atoms with E-state index >= 15 is 0 Å². The zero-order valence-electron chi connectivity index (χ0n) is 9.99. The van der Waals surface area contributed by atoms with Crippen molar-refractivity contribution in [2.75, 3.05) is 0 Å². The molecule has 3 rings (SSSR count). The van der Waals surface area contributed by atoms with Crippen molar-refractivity contribution in [1.29, 1.82) is 0 Å². The molecule has 0 saturated heterocycles. The van der Waals surface area contributed by atoms with Gasteiger partial charge in [0.05, 0.1) is 5.56 Å². The number of benzene rings is 2. The summed E-state index contributed by atoms with van der Waals surface area (Å²) >= 11 is 3.31. The Bertz CT molecular complexity index is 754. The number of rotatable bonds is 1. The molecule has 0 aromatic heterocycles. The summed E-state index contributed by atoms with van der Waals surface area (Å²) in [6.07, 6.45) is 1.50. The quantitative estimate of drug-likeness (QED) is 0.721. The normalized spacial score (nSPS) is 15.3. The van der Waals surface area contributed by atoms with Crippen molar-refractivity contribution in [3.8, 4) is 0 Å². The molecule has 2 aromatic carbocycles. The van der Waals surface area contributed by atoms with Crippen molar-refractivity contribution < 1.29 is 18.3 Å². The Morgan fingerprint density at radius 1 is 1.05 bits per heavy atom. The van der Waals surface area contributed by atoms with Gasteiger partial charge in [0, 0.05) is 4.47 Å². The van der Waals surface area contributed by atoms with Gasteiger partial charge >= 0.3 is 5.97 Å². The third kappa shape index (κ3) is 2.14. The van der Waals surface area contributed by atoms with Crippen LogP contribution in [0.4, 0.5) is 8.78 Å². The number of cyclic esters (lactones) is 1. The second-order valence-electron chi connectivity index (χ2n) is 4.23. The van der Waals surface area contributed by atoms with E-state index in [1.54, 1.807) is 18.2 Å². The number of hydrogen-bond donors (Lipinski definition) is 0. The van der Waals surface area contributed by atoms with E-state index in [9.17, 15) is 13.6 Å². The molecule has 0 spiro atoms. The molecule has 1 aliphatic rings. The van der Waals surface area contributed by atoms with Crippen LogP contribution in [0.2, 0.25) is 0 Å². The lowest BCUT2D eigenvalue weighted by molar-refractivity contribution is 0.0713. The zero-order chi connectivity index (χ0) is 14.3. The number of carbonyl (C=O) groups is 1. The maximum absolute atomic E-state index is 13.8. The lowest BCUT2D eigenvalue weighted by Gasteiger charge is -2.01. The van der Waals surface area contributed by atoms with E-state index in [0.717, 1.165) is 16.6 Å². The Morgan fingerprint density at radius 2 is 1.75 bits per heavy atom. The predicted octanol–water partition coefficient (Wildman–Crippen LogP) is 4.40. The summed E-state index contributed by atoms with van der Waals surface area (Å²) in [4.78, 5) is 11.6. The van der Waals surface area contributed by atoms with Gasteiger partial charge in [0.2, 0.25) is 0 Å². The molecule has 100 valence electrons. The van der Waals surface area contributed by atoms with Gasteiger partial charge < -0.3 is 4.74 Å². The molecule has 0 radical (unpaired) electrons. The van der Waals surface area contributed by atoms with Gasteiger partial charge in [-0.2, -0.15) is 0 Å². The number of esters is 1. The lowest BCUT2D eigenvalue weighted by atomic mass is 10.1. The highest BCUT2D eigenvalue weighted by Gasteiger charge is 2.32. The second kappa shape index (κ2) is 4.83. The molecule has 0 unspecified atom stereocenters. The molecule has 0 N–H and O–H groups in total. The van der Waals surface area contributed by atoms with Crippen LogP contribution in [0.1, 0.15) is 21.5 Å². The molecular formula is C15H7BrF2O2. The molecule has 2 aromatic rings. The molecule has 5 heteroatoms. The van der Waals surface area contributed by atoms with Gasteiger partial charge in [0.15, 0.2) is 0 Å². The lowest BCUT2D eigenvalue weighted by Crippen LogP contribution is -1.98. The van der Waals surface area contributed by atoms with Gasteiger partial charge in [0.1, 0.15) is 23.0 Å².